The summed E-state index contributed by atoms with van der Waals surface area (Å²) in [6.45, 7) is 9.20. The van der Waals surface area contributed by atoms with E-state index in [0.717, 1.165) is 0 Å². The molecule has 0 bridgehead atoms. The molecular weight excluding hydrogens is 268 g/mol. The van der Waals surface area contributed by atoms with Crippen molar-refractivity contribution in [3.63, 3.8) is 0 Å². The molecule has 2 heterocycles. The van der Waals surface area contributed by atoms with Gasteiger partial charge in [0.2, 0.25) is 0 Å². The molecule has 2 atom stereocenters. The first-order valence-corrected chi connectivity index (χ1v) is 7.51. The normalized spacial score (nSPS) is 25.6. The molecule has 1 fully saturated rings. The summed E-state index contributed by atoms with van der Waals surface area (Å²) in [5.74, 6) is -0.0744. The maximum Gasteiger partial charge on any atom is 0.254 e. The second-order valence-corrected chi connectivity index (χ2v) is 6.27. The van der Waals surface area contributed by atoms with E-state index in [9.17, 15) is 14.7 Å². The van der Waals surface area contributed by atoms with Crippen molar-refractivity contribution in [3.05, 3.63) is 34.2 Å². The van der Waals surface area contributed by atoms with E-state index >= 15 is 0 Å². The molecule has 0 radical (unpaired) electrons. The summed E-state index contributed by atoms with van der Waals surface area (Å²) < 4.78 is 1.55. The van der Waals surface area contributed by atoms with E-state index in [2.05, 4.69) is 0 Å². The number of aromatic nitrogens is 1. The van der Waals surface area contributed by atoms with Crippen LogP contribution in [0.4, 0.5) is 0 Å². The van der Waals surface area contributed by atoms with Crippen molar-refractivity contribution < 1.29 is 9.90 Å². The average Bonchev–Trinajstić information content (AvgIpc) is 2.75. The third-order valence-corrected chi connectivity index (χ3v) is 4.66. The molecular formula is C16H24N2O3. The number of likely N-dealkylation sites (tertiary alicyclic amines) is 1. The van der Waals surface area contributed by atoms with Gasteiger partial charge in [-0.25, -0.2) is 0 Å². The second-order valence-electron chi connectivity index (χ2n) is 6.27. The first kappa shape index (κ1) is 15.8. The van der Waals surface area contributed by atoms with Crippen molar-refractivity contribution in [1.29, 1.82) is 0 Å². The standard InChI is InChI=1S/C16H24N2O3/c1-5-17-7-6-13(8-14(17)19)15(20)18-9-12(4)16(21,10-18)11(2)3/h6-8,11-12,21H,5,9-10H2,1-4H3/t12-,16-/m1/s1. The first-order valence-electron chi connectivity index (χ1n) is 7.51. The minimum Gasteiger partial charge on any atom is -0.387 e. The Balaban J connectivity index is 2.22. The molecule has 1 N–H and O–H groups in total. The maximum absolute atomic E-state index is 12.5. The van der Waals surface area contributed by atoms with Crippen molar-refractivity contribution in [2.24, 2.45) is 11.8 Å². The Morgan fingerprint density at radius 3 is 2.67 bits per heavy atom. The summed E-state index contributed by atoms with van der Waals surface area (Å²) in [7, 11) is 0. The first-order chi connectivity index (χ1) is 9.79. The van der Waals surface area contributed by atoms with E-state index in [4.69, 9.17) is 0 Å². The number of nitrogens with zero attached hydrogens (tertiary/aromatic N) is 2. The van der Waals surface area contributed by atoms with Crippen LogP contribution in [0.2, 0.25) is 0 Å². The zero-order valence-corrected chi connectivity index (χ0v) is 13.2. The Morgan fingerprint density at radius 1 is 1.52 bits per heavy atom. The van der Waals surface area contributed by atoms with E-state index in [1.54, 1.807) is 21.7 Å². The van der Waals surface area contributed by atoms with Crippen molar-refractivity contribution in [2.75, 3.05) is 13.1 Å². The average molecular weight is 292 g/mol. The Hall–Kier alpha value is -1.62. The number of hydrogen-bond donors (Lipinski definition) is 1. The van der Waals surface area contributed by atoms with Gasteiger partial charge in [0.25, 0.3) is 11.5 Å². The van der Waals surface area contributed by atoms with E-state index in [1.165, 1.54) is 6.07 Å². The molecule has 21 heavy (non-hydrogen) atoms. The highest BCUT2D eigenvalue weighted by molar-refractivity contribution is 5.94. The van der Waals surface area contributed by atoms with Crippen LogP contribution in [0.5, 0.6) is 0 Å². The monoisotopic (exact) mass is 292 g/mol. The fourth-order valence-corrected chi connectivity index (χ4v) is 3.01. The molecule has 1 amide bonds. The highest BCUT2D eigenvalue weighted by Gasteiger charge is 2.46. The van der Waals surface area contributed by atoms with Gasteiger partial charge in [-0.2, -0.15) is 0 Å². The summed E-state index contributed by atoms with van der Waals surface area (Å²) in [6, 6.07) is 3.05. The van der Waals surface area contributed by atoms with Gasteiger partial charge in [-0.05, 0) is 18.9 Å². The van der Waals surface area contributed by atoms with Crippen LogP contribution in [0.1, 0.15) is 38.1 Å². The molecule has 1 aromatic heterocycles. The van der Waals surface area contributed by atoms with Gasteiger partial charge in [-0.1, -0.05) is 20.8 Å². The summed E-state index contributed by atoms with van der Waals surface area (Å²) in [6.07, 6.45) is 1.64. The van der Waals surface area contributed by atoms with Gasteiger partial charge in [-0.15, -0.1) is 0 Å². The predicted molar refractivity (Wildman–Crippen MR) is 81.2 cm³/mol. The molecule has 116 valence electrons. The molecule has 1 aliphatic rings. The van der Waals surface area contributed by atoms with Gasteiger partial charge in [-0.3, -0.25) is 9.59 Å². The molecule has 5 nitrogen and oxygen atoms in total. The van der Waals surface area contributed by atoms with Gasteiger partial charge < -0.3 is 14.6 Å². The van der Waals surface area contributed by atoms with E-state index < -0.39 is 5.60 Å². The van der Waals surface area contributed by atoms with Gasteiger partial charge >= 0.3 is 0 Å². The SMILES string of the molecule is CCn1ccc(C(=O)N2C[C@@H](C)[C@](O)(C(C)C)C2)cc1=O. The van der Waals surface area contributed by atoms with Crippen molar-refractivity contribution in [3.8, 4) is 0 Å². The number of hydrogen-bond acceptors (Lipinski definition) is 3. The Labute approximate surface area is 125 Å². The molecule has 0 saturated carbocycles. The number of carbonyl (C=O) groups excluding carboxylic acids is 1. The highest BCUT2D eigenvalue weighted by Crippen LogP contribution is 2.34. The minimum absolute atomic E-state index is 0.0254. The quantitative estimate of drug-likeness (QED) is 0.914. The van der Waals surface area contributed by atoms with E-state index in [-0.39, 0.29) is 23.3 Å². The lowest BCUT2D eigenvalue weighted by Gasteiger charge is -2.31. The lowest BCUT2D eigenvalue weighted by Crippen LogP contribution is -2.43. The zero-order chi connectivity index (χ0) is 15.8. The van der Waals surface area contributed by atoms with Crippen LogP contribution in [-0.4, -0.2) is 39.2 Å². The maximum atomic E-state index is 12.5. The molecule has 2 rings (SSSR count). The van der Waals surface area contributed by atoms with Crippen LogP contribution in [0, 0.1) is 11.8 Å². The number of amides is 1. The molecule has 0 aromatic carbocycles. The number of carbonyl (C=O) groups is 1. The van der Waals surface area contributed by atoms with Crippen molar-refractivity contribution in [2.45, 2.75) is 39.8 Å². The summed E-state index contributed by atoms with van der Waals surface area (Å²) >= 11 is 0. The van der Waals surface area contributed by atoms with Crippen LogP contribution in [-0.2, 0) is 6.54 Å². The van der Waals surface area contributed by atoms with E-state index in [0.29, 0.717) is 25.2 Å². The largest absolute Gasteiger partial charge is 0.387 e. The van der Waals surface area contributed by atoms with Crippen LogP contribution < -0.4 is 5.56 Å². The van der Waals surface area contributed by atoms with Crippen LogP contribution >= 0.6 is 0 Å². The van der Waals surface area contributed by atoms with Crippen LogP contribution in [0.3, 0.4) is 0 Å². The topological polar surface area (TPSA) is 62.5 Å². The Bertz CT molecular complexity index is 593. The molecule has 0 aliphatic carbocycles. The van der Waals surface area contributed by atoms with Crippen molar-refractivity contribution in [1.82, 2.24) is 9.47 Å². The fourth-order valence-electron chi connectivity index (χ4n) is 3.01. The van der Waals surface area contributed by atoms with Crippen molar-refractivity contribution >= 4 is 5.91 Å². The Kier molecular flexibility index (Phi) is 4.23. The van der Waals surface area contributed by atoms with Gasteiger partial charge in [0.15, 0.2) is 0 Å². The minimum atomic E-state index is -0.853. The second kappa shape index (κ2) is 5.64. The summed E-state index contributed by atoms with van der Waals surface area (Å²) in [5.41, 5.74) is -0.631. The van der Waals surface area contributed by atoms with Gasteiger partial charge in [0.05, 0.1) is 12.1 Å². The van der Waals surface area contributed by atoms with Gasteiger partial charge in [0, 0.05) is 36.8 Å². The zero-order valence-electron chi connectivity index (χ0n) is 13.2. The highest BCUT2D eigenvalue weighted by atomic mass is 16.3. The number of β-amino-alcohol motifs (C(OH)–C–C–N with tert-alkyl or cyclic N) is 1. The third-order valence-electron chi connectivity index (χ3n) is 4.66. The summed E-state index contributed by atoms with van der Waals surface area (Å²) in [4.78, 5) is 26.0. The van der Waals surface area contributed by atoms with Crippen LogP contribution in [0.25, 0.3) is 0 Å². The molecule has 1 aliphatic heterocycles. The van der Waals surface area contributed by atoms with Gasteiger partial charge in [0.1, 0.15) is 0 Å². The smallest absolute Gasteiger partial charge is 0.254 e. The fraction of sp³-hybridized carbons (Fsp3) is 0.625. The molecule has 5 heteroatoms. The van der Waals surface area contributed by atoms with Crippen LogP contribution in [0.15, 0.2) is 23.1 Å². The molecule has 1 saturated heterocycles. The molecule has 1 aromatic rings. The number of rotatable bonds is 3. The summed E-state index contributed by atoms with van der Waals surface area (Å²) in [5, 5.41) is 10.7. The molecule has 0 unspecified atom stereocenters. The lowest BCUT2D eigenvalue weighted by molar-refractivity contribution is -0.0243. The third kappa shape index (κ3) is 2.75. The number of pyridine rings is 1. The van der Waals surface area contributed by atoms with E-state index in [1.807, 2.05) is 27.7 Å². The lowest BCUT2D eigenvalue weighted by atomic mass is 9.82. The predicted octanol–water partition coefficient (Wildman–Crippen LogP) is 1.35. The number of aryl methyl sites for hydroxylation is 1. The number of aliphatic hydroxyl groups is 1. The Morgan fingerprint density at radius 2 is 2.19 bits per heavy atom. The molecule has 0 spiro atoms.